The van der Waals surface area contributed by atoms with Gasteiger partial charge in [0, 0.05) is 34.2 Å². The number of benzene rings is 1. The molecule has 1 aromatic carbocycles. The Labute approximate surface area is 134 Å². The maximum atomic E-state index is 12.9. The summed E-state index contributed by atoms with van der Waals surface area (Å²) in [5, 5.41) is 6.86. The molecule has 0 bridgehead atoms. The highest BCUT2D eigenvalue weighted by atomic mass is 32.2. The third-order valence-corrected chi connectivity index (χ3v) is 5.20. The van der Waals surface area contributed by atoms with Crippen LogP contribution in [0.2, 0.25) is 0 Å². The van der Waals surface area contributed by atoms with Crippen LogP contribution in [0.5, 0.6) is 0 Å². The van der Waals surface area contributed by atoms with Crippen LogP contribution in [0.4, 0.5) is 4.39 Å². The average molecular weight is 324 g/mol. The number of aromatic nitrogens is 1. The van der Waals surface area contributed by atoms with Gasteiger partial charge in [0.25, 0.3) is 0 Å². The van der Waals surface area contributed by atoms with Crippen LogP contribution in [0, 0.1) is 12.7 Å². The van der Waals surface area contributed by atoms with Crippen LogP contribution in [0.15, 0.2) is 34.5 Å². The number of hydrogen-bond acceptors (Lipinski definition) is 4. The van der Waals surface area contributed by atoms with Crippen LogP contribution in [-0.4, -0.2) is 23.3 Å². The molecule has 2 aromatic rings. The summed E-state index contributed by atoms with van der Waals surface area (Å²) in [5.74, 6) is 0.780. The van der Waals surface area contributed by atoms with Crippen LogP contribution in [0.3, 0.4) is 0 Å². The van der Waals surface area contributed by atoms with Crippen molar-refractivity contribution in [3.8, 4) is 0 Å². The van der Waals surface area contributed by atoms with Gasteiger partial charge in [-0.3, -0.25) is 0 Å². The molecule has 2 rings (SSSR count). The first-order chi connectivity index (χ1) is 10.2. The summed E-state index contributed by atoms with van der Waals surface area (Å²) in [6, 6.07) is 7.10. The lowest BCUT2D eigenvalue weighted by atomic mass is 10.2. The molecule has 5 heteroatoms. The Hall–Kier alpha value is -0.910. The molecule has 0 aliphatic carbocycles. The number of aryl methyl sites for hydroxylation is 1. The zero-order valence-electron chi connectivity index (χ0n) is 12.4. The quantitative estimate of drug-likeness (QED) is 0.733. The first-order valence-corrected chi connectivity index (χ1v) is 9.06. The van der Waals surface area contributed by atoms with E-state index in [1.807, 2.05) is 19.1 Å². The van der Waals surface area contributed by atoms with Gasteiger partial charge in [-0.25, -0.2) is 9.37 Å². The van der Waals surface area contributed by atoms with Crippen LogP contribution in [0.25, 0.3) is 0 Å². The van der Waals surface area contributed by atoms with Gasteiger partial charge in [0.1, 0.15) is 5.82 Å². The van der Waals surface area contributed by atoms with E-state index in [9.17, 15) is 4.39 Å². The van der Waals surface area contributed by atoms with E-state index in [0.29, 0.717) is 6.04 Å². The topological polar surface area (TPSA) is 24.9 Å². The lowest BCUT2D eigenvalue weighted by Crippen LogP contribution is -2.34. The summed E-state index contributed by atoms with van der Waals surface area (Å²) in [7, 11) is 0. The van der Waals surface area contributed by atoms with E-state index >= 15 is 0 Å². The van der Waals surface area contributed by atoms with Crippen molar-refractivity contribution >= 4 is 23.1 Å². The van der Waals surface area contributed by atoms with E-state index in [1.165, 1.54) is 17.1 Å². The molecular formula is C16H21FN2S2. The number of nitrogens with zero attached hydrogens (tertiary/aromatic N) is 1. The molecular weight excluding hydrogens is 303 g/mol. The van der Waals surface area contributed by atoms with Crippen molar-refractivity contribution in [3.05, 3.63) is 46.2 Å². The van der Waals surface area contributed by atoms with Gasteiger partial charge in [-0.05, 0) is 44.2 Å². The fraction of sp³-hybridized carbons (Fsp3) is 0.438. The first-order valence-electron chi connectivity index (χ1n) is 7.20. The van der Waals surface area contributed by atoms with Gasteiger partial charge < -0.3 is 5.32 Å². The van der Waals surface area contributed by atoms with E-state index in [1.54, 1.807) is 23.1 Å². The van der Waals surface area contributed by atoms with Crippen molar-refractivity contribution in [1.82, 2.24) is 10.3 Å². The Kier molecular flexibility index (Phi) is 6.67. The molecule has 0 spiro atoms. The molecule has 114 valence electrons. The second-order valence-corrected chi connectivity index (χ2v) is 7.04. The minimum Gasteiger partial charge on any atom is -0.313 e. The van der Waals surface area contributed by atoms with Crippen LogP contribution in [0.1, 0.15) is 24.0 Å². The summed E-state index contributed by atoms with van der Waals surface area (Å²) < 4.78 is 12.9. The van der Waals surface area contributed by atoms with E-state index in [0.717, 1.165) is 35.7 Å². The third-order valence-electron chi connectivity index (χ3n) is 3.04. The highest BCUT2D eigenvalue weighted by Crippen LogP contribution is 2.21. The molecule has 0 saturated heterocycles. The minimum atomic E-state index is -0.182. The Morgan fingerprint density at radius 3 is 2.71 bits per heavy atom. The normalized spacial score (nSPS) is 12.5. The maximum Gasteiger partial charge on any atom is 0.123 e. The van der Waals surface area contributed by atoms with Crippen molar-refractivity contribution in [2.24, 2.45) is 0 Å². The van der Waals surface area contributed by atoms with Crippen molar-refractivity contribution in [2.45, 2.75) is 37.6 Å². The lowest BCUT2D eigenvalue weighted by molar-refractivity contribution is 0.549. The zero-order valence-corrected chi connectivity index (χ0v) is 14.1. The van der Waals surface area contributed by atoms with Gasteiger partial charge in [-0.1, -0.05) is 6.92 Å². The molecule has 1 N–H and O–H groups in total. The molecule has 21 heavy (non-hydrogen) atoms. The predicted octanol–water partition coefficient (Wildman–Crippen LogP) is 4.29. The van der Waals surface area contributed by atoms with Gasteiger partial charge >= 0.3 is 0 Å². The summed E-state index contributed by atoms with van der Waals surface area (Å²) in [6.45, 7) is 5.21. The monoisotopic (exact) mass is 324 g/mol. The number of thiazole rings is 1. The van der Waals surface area contributed by atoms with Gasteiger partial charge in [0.15, 0.2) is 0 Å². The van der Waals surface area contributed by atoms with E-state index in [-0.39, 0.29) is 5.82 Å². The molecule has 0 fully saturated rings. The second-order valence-electron chi connectivity index (χ2n) is 5.00. The molecule has 0 radical (unpaired) electrons. The minimum absolute atomic E-state index is 0.182. The van der Waals surface area contributed by atoms with E-state index in [4.69, 9.17) is 0 Å². The lowest BCUT2D eigenvalue weighted by Gasteiger charge is -2.17. The highest BCUT2D eigenvalue weighted by Gasteiger charge is 2.12. The Morgan fingerprint density at radius 2 is 2.10 bits per heavy atom. The molecule has 2 nitrogen and oxygen atoms in total. The van der Waals surface area contributed by atoms with E-state index in [2.05, 4.69) is 22.6 Å². The molecule has 0 amide bonds. The number of hydrogen-bond donors (Lipinski definition) is 1. The van der Waals surface area contributed by atoms with Gasteiger partial charge in [0.2, 0.25) is 0 Å². The summed E-state index contributed by atoms with van der Waals surface area (Å²) in [5.41, 5.74) is 1.09. The first kappa shape index (κ1) is 16.5. The Balaban J connectivity index is 1.90. The fourth-order valence-electron chi connectivity index (χ4n) is 1.97. The molecule has 0 aliphatic heterocycles. The van der Waals surface area contributed by atoms with Crippen LogP contribution in [-0.2, 0) is 6.42 Å². The fourth-order valence-corrected chi connectivity index (χ4v) is 3.78. The molecule has 0 aliphatic rings. The average Bonchev–Trinajstić information content (AvgIpc) is 2.89. The predicted molar refractivity (Wildman–Crippen MR) is 89.8 cm³/mol. The Bertz CT molecular complexity index is 539. The van der Waals surface area contributed by atoms with Crippen molar-refractivity contribution in [2.75, 3.05) is 12.3 Å². The summed E-state index contributed by atoms with van der Waals surface area (Å²) >= 11 is 3.49. The number of rotatable bonds is 8. The maximum absolute atomic E-state index is 12.9. The Morgan fingerprint density at radius 1 is 1.33 bits per heavy atom. The van der Waals surface area contributed by atoms with Crippen LogP contribution < -0.4 is 5.32 Å². The molecule has 1 unspecified atom stereocenters. The molecule has 1 atom stereocenters. The largest absolute Gasteiger partial charge is 0.313 e. The van der Waals surface area contributed by atoms with Gasteiger partial charge in [0.05, 0.1) is 5.01 Å². The molecule has 1 heterocycles. The molecule has 1 aromatic heterocycles. The molecule has 0 saturated carbocycles. The van der Waals surface area contributed by atoms with Crippen LogP contribution >= 0.6 is 23.1 Å². The number of nitrogens with one attached hydrogen (secondary N) is 1. The standard InChI is InChI=1S/C16H21FN2S2/c1-3-8-18-14(9-16-19-12(2)10-21-16)11-20-15-6-4-13(17)5-7-15/h4-7,10,14,18H,3,8-9,11H2,1-2H3. The number of halogens is 1. The zero-order chi connectivity index (χ0) is 15.1. The van der Waals surface area contributed by atoms with Gasteiger partial charge in [-0.2, -0.15) is 0 Å². The van der Waals surface area contributed by atoms with Crippen molar-refractivity contribution < 1.29 is 4.39 Å². The van der Waals surface area contributed by atoms with Crippen molar-refractivity contribution in [1.29, 1.82) is 0 Å². The van der Waals surface area contributed by atoms with E-state index < -0.39 is 0 Å². The second kappa shape index (κ2) is 8.51. The smallest absolute Gasteiger partial charge is 0.123 e. The van der Waals surface area contributed by atoms with Gasteiger partial charge in [-0.15, -0.1) is 23.1 Å². The highest BCUT2D eigenvalue weighted by molar-refractivity contribution is 7.99. The number of thioether (sulfide) groups is 1. The summed E-state index contributed by atoms with van der Waals surface area (Å²) in [4.78, 5) is 5.65. The SMILES string of the molecule is CCCNC(CSc1ccc(F)cc1)Cc1nc(C)cs1. The van der Waals surface area contributed by atoms with Crippen molar-refractivity contribution in [3.63, 3.8) is 0 Å². The summed E-state index contributed by atoms with van der Waals surface area (Å²) in [6.07, 6.45) is 2.07. The third kappa shape index (κ3) is 5.77.